The van der Waals surface area contributed by atoms with Crippen molar-refractivity contribution < 1.29 is 19.2 Å². The van der Waals surface area contributed by atoms with Crippen LogP contribution >= 0.6 is 0 Å². The third kappa shape index (κ3) is 4.93. The lowest BCUT2D eigenvalue weighted by Gasteiger charge is -2.04. The van der Waals surface area contributed by atoms with Crippen molar-refractivity contribution in [3.63, 3.8) is 0 Å². The Hall–Kier alpha value is -3.41. The minimum atomic E-state index is -0.714. The lowest BCUT2D eigenvalue weighted by atomic mass is 10.2. The first kappa shape index (κ1) is 16.6. The average Bonchev–Trinajstić information content (AvgIpc) is 2.51. The zero-order chi connectivity index (χ0) is 16.5. The predicted molar refractivity (Wildman–Crippen MR) is 75.4 cm³/mol. The lowest BCUT2D eigenvalue weighted by Crippen LogP contribution is -2.22. The molecule has 9 heteroatoms. The Morgan fingerprint density at radius 3 is 2.55 bits per heavy atom. The van der Waals surface area contributed by atoms with Gasteiger partial charge >= 0.3 is 5.97 Å². The van der Waals surface area contributed by atoms with Gasteiger partial charge in [0.25, 0.3) is 11.6 Å². The molecule has 0 aliphatic carbocycles. The Morgan fingerprint density at radius 1 is 1.41 bits per heavy atom. The molecule has 0 aliphatic heterocycles. The number of carbonyl (C=O) groups is 2. The zero-order valence-electron chi connectivity index (χ0n) is 11.5. The van der Waals surface area contributed by atoms with Crippen LogP contribution in [0.4, 0.5) is 11.4 Å². The third-order valence-corrected chi connectivity index (χ3v) is 2.42. The number of esters is 1. The topological polar surface area (TPSA) is 134 Å². The molecule has 1 aromatic rings. The summed E-state index contributed by atoms with van der Waals surface area (Å²) in [5, 5.41) is 24.3. The number of nitro benzene ring substituents is 1. The molecule has 0 fully saturated rings. The predicted octanol–water partition coefficient (Wildman–Crippen LogP) is 0.703. The molecule has 0 atom stereocenters. The monoisotopic (exact) mass is 304 g/mol. The van der Waals surface area contributed by atoms with Crippen molar-refractivity contribution in [2.45, 2.75) is 0 Å². The fourth-order valence-corrected chi connectivity index (χ4v) is 1.32. The van der Waals surface area contributed by atoms with Crippen molar-refractivity contribution in [2.24, 2.45) is 0 Å². The molecule has 0 aromatic heterocycles. The van der Waals surface area contributed by atoms with Crippen LogP contribution in [0.15, 0.2) is 36.0 Å². The number of benzene rings is 1. The van der Waals surface area contributed by atoms with Gasteiger partial charge in [0.15, 0.2) is 0 Å². The highest BCUT2D eigenvalue weighted by Gasteiger charge is 2.11. The maximum absolute atomic E-state index is 11.8. The van der Waals surface area contributed by atoms with E-state index in [1.807, 2.05) is 0 Å². The minimum absolute atomic E-state index is 0.117. The lowest BCUT2D eigenvalue weighted by molar-refractivity contribution is -0.384. The van der Waals surface area contributed by atoms with E-state index in [2.05, 4.69) is 15.4 Å². The second kappa shape index (κ2) is 8.01. The second-order valence-corrected chi connectivity index (χ2v) is 3.88. The van der Waals surface area contributed by atoms with Gasteiger partial charge in [-0.2, -0.15) is 5.26 Å². The van der Waals surface area contributed by atoms with Crippen molar-refractivity contribution in [3.05, 3.63) is 46.2 Å². The van der Waals surface area contributed by atoms with Gasteiger partial charge in [0, 0.05) is 24.0 Å². The third-order valence-electron chi connectivity index (χ3n) is 2.42. The molecule has 0 saturated heterocycles. The Kier molecular flexibility index (Phi) is 6.06. The molecule has 0 radical (unpaired) electrons. The summed E-state index contributed by atoms with van der Waals surface area (Å²) < 4.78 is 4.38. The highest BCUT2D eigenvalue weighted by atomic mass is 16.6. The number of nitrogens with zero attached hydrogens (tertiary/aromatic N) is 2. The maximum atomic E-state index is 11.8. The van der Waals surface area contributed by atoms with Gasteiger partial charge in [-0.1, -0.05) is 0 Å². The molecular weight excluding hydrogens is 292 g/mol. The highest BCUT2D eigenvalue weighted by molar-refractivity contribution is 6.06. The number of carbonyl (C=O) groups excluding carboxylic acids is 2. The highest BCUT2D eigenvalue weighted by Crippen LogP contribution is 2.15. The number of nitrogens with one attached hydrogen (secondary N) is 2. The van der Waals surface area contributed by atoms with Crippen molar-refractivity contribution in [1.29, 1.82) is 5.26 Å². The fourth-order valence-electron chi connectivity index (χ4n) is 1.32. The van der Waals surface area contributed by atoms with E-state index >= 15 is 0 Å². The van der Waals surface area contributed by atoms with E-state index < -0.39 is 16.8 Å². The van der Waals surface area contributed by atoms with E-state index in [0.717, 1.165) is 6.20 Å². The smallest absolute Gasteiger partial charge is 0.325 e. The standard InChI is InChI=1S/C13H12N4O5/c1-22-12(18)8-15-7-9(6-14)13(19)16-10-2-4-11(5-3-10)17(20)21/h2-5,7,15H,8H2,1H3,(H,16,19)/b9-7-. The van der Waals surface area contributed by atoms with Crippen LogP contribution in [0.3, 0.4) is 0 Å². The second-order valence-electron chi connectivity index (χ2n) is 3.88. The van der Waals surface area contributed by atoms with Crippen molar-refractivity contribution in [2.75, 3.05) is 19.0 Å². The zero-order valence-corrected chi connectivity index (χ0v) is 11.5. The van der Waals surface area contributed by atoms with Gasteiger partial charge in [-0.3, -0.25) is 19.7 Å². The van der Waals surface area contributed by atoms with Crippen LogP contribution in [-0.2, 0) is 14.3 Å². The summed E-state index contributed by atoms with van der Waals surface area (Å²) in [4.78, 5) is 32.6. The van der Waals surface area contributed by atoms with Gasteiger partial charge < -0.3 is 15.4 Å². The first-order chi connectivity index (χ1) is 10.5. The first-order valence-corrected chi connectivity index (χ1v) is 5.94. The Labute approximate surface area is 125 Å². The molecule has 2 N–H and O–H groups in total. The SMILES string of the molecule is COC(=O)CN/C=C(/C#N)C(=O)Nc1ccc([N+](=O)[O-])cc1. The van der Waals surface area contributed by atoms with Gasteiger partial charge in [0.1, 0.15) is 18.2 Å². The number of non-ortho nitro benzene ring substituents is 1. The number of hydrogen-bond acceptors (Lipinski definition) is 7. The van der Waals surface area contributed by atoms with E-state index in [1.165, 1.54) is 31.4 Å². The number of methoxy groups -OCH3 is 1. The van der Waals surface area contributed by atoms with Crippen molar-refractivity contribution >= 4 is 23.3 Å². The molecule has 0 saturated carbocycles. The van der Waals surface area contributed by atoms with Crippen LogP contribution < -0.4 is 10.6 Å². The van der Waals surface area contributed by atoms with E-state index in [1.54, 1.807) is 6.07 Å². The van der Waals surface area contributed by atoms with Gasteiger partial charge in [-0.25, -0.2) is 0 Å². The Morgan fingerprint density at radius 2 is 2.05 bits per heavy atom. The molecule has 0 spiro atoms. The van der Waals surface area contributed by atoms with Gasteiger partial charge in [-0.15, -0.1) is 0 Å². The van der Waals surface area contributed by atoms with Crippen LogP contribution in [0.25, 0.3) is 0 Å². The summed E-state index contributed by atoms with van der Waals surface area (Å²) in [7, 11) is 1.21. The Balaban J connectivity index is 2.69. The van der Waals surface area contributed by atoms with Gasteiger partial charge in [0.2, 0.25) is 0 Å². The minimum Gasteiger partial charge on any atom is -0.468 e. The summed E-state index contributed by atoms with van der Waals surface area (Å²) in [5.41, 5.74) is -0.0826. The number of anilines is 1. The fraction of sp³-hybridized carbons (Fsp3) is 0.154. The first-order valence-electron chi connectivity index (χ1n) is 5.94. The molecule has 1 aromatic carbocycles. The van der Waals surface area contributed by atoms with Crippen LogP contribution in [0.1, 0.15) is 0 Å². The number of amides is 1. The van der Waals surface area contributed by atoms with Gasteiger partial charge in [0.05, 0.1) is 12.0 Å². The maximum Gasteiger partial charge on any atom is 0.325 e. The summed E-state index contributed by atoms with van der Waals surface area (Å²) in [6.07, 6.45) is 1.08. The summed E-state index contributed by atoms with van der Waals surface area (Å²) in [6.45, 7) is -0.188. The van der Waals surface area contributed by atoms with E-state index in [0.29, 0.717) is 5.69 Å². The number of hydrogen-bond donors (Lipinski definition) is 2. The molecule has 1 amide bonds. The summed E-state index contributed by atoms with van der Waals surface area (Å²) in [6, 6.07) is 6.80. The van der Waals surface area contributed by atoms with Crippen LogP contribution in [0, 0.1) is 21.4 Å². The molecule has 0 bridgehead atoms. The quantitative estimate of drug-likeness (QED) is 0.260. The summed E-state index contributed by atoms with van der Waals surface area (Å²) >= 11 is 0. The number of nitriles is 1. The van der Waals surface area contributed by atoms with Gasteiger partial charge in [-0.05, 0) is 12.1 Å². The normalized spacial score (nSPS) is 10.3. The average molecular weight is 304 g/mol. The van der Waals surface area contributed by atoms with E-state index in [4.69, 9.17) is 5.26 Å². The van der Waals surface area contributed by atoms with Crippen molar-refractivity contribution in [3.8, 4) is 6.07 Å². The van der Waals surface area contributed by atoms with Crippen LogP contribution in [0.5, 0.6) is 0 Å². The molecule has 0 unspecified atom stereocenters. The molecule has 0 aliphatic rings. The molecule has 114 valence electrons. The number of nitro groups is 1. The molecular formula is C13H12N4O5. The van der Waals surface area contributed by atoms with Crippen LogP contribution in [-0.4, -0.2) is 30.5 Å². The van der Waals surface area contributed by atoms with Crippen LogP contribution in [0.2, 0.25) is 0 Å². The molecule has 0 heterocycles. The number of rotatable bonds is 6. The van der Waals surface area contributed by atoms with Crippen molar-refractivity contribution in [1.82, 2.24) is 5.32 Å². The number of ether oxygens (including phenoxy) is 1. The van der Waals surface area contributed by atoms with E-state index in [9.17, 15) is 19.7 Å². The summed E-state index contributed by atoms with van der Waals surface area (Å²) in [5.74, 6) is -1.27. The molecule has 22 heavy (non-hydrogen) atoms. The molecule has 9 nitrogen and oxygen atoms in total. The molecule has 1 rings (SSSR count). The van der Waals surface area contributed by atoms with E-state index in [-0.39, 0.29) is 17.8 Å². The largest absolute Gasteiger partial charge is 0.468 e. The Bertz CT molecular complexity index is 645.